The van der Waals surface area contributed by atoms with Gasteiger partial charge in [0.2, 0.25) is 0 Å². The summed E-state index contributed by atoms with van der Waals surface area (Å²) >= 11 is 3.77. The molecule has 3 atom stereocenters. The van der Waals surface area contributed by atoms with E-state index in [0.29, 0.717) is 23.2 Å². The molecule has 0 amide bonds. The lowest BCUT2D eigenvalue weighted by molar-refractivity contribution is -0.122. The smallest absolute Gasteiger partial charge is 0.290 e. The Hall–Kier alpha value is -1.18. The highest BCUT2D eigenvalue weighted by atomic mass is 32.2. The number of phenols is 1. The SMILES string of the molecule is Cc1ccc(C2=NC(C3SCC(C)N3C)CS2)c(O)c1.O=CO. The quantitative estimate of drug-likeness (QED) is 0.796. The number of phenolic OH excluding ortho intramolecular Hbond substituents is 1. The Bertz CT molecular complexity index is 595. The van der Waals surface area contributed by atoms with Crippen LogP contribution < -0.4 is 0 Å². The van der Waals surface area contributed by atoms with Crippen LogP contribution in [-0.4, -0.2) is 62.6 Å². The number of carbonyl (C=O) groups is 1. The molecule has 0 radical (unpaired) electrons. The third kappa shape index (κ3) is 4.22. The topological polar surface area (TPSA) is 73.1 Å². The minimum absolute atomic E-state index is 0.250. The largest absolute Gasteiger partial charge is 0.507 e. The lowest BCUT2D eigenvalue weighted by Crippen LogP contribution is -2.37. The van der Waals surface area contributed by atoms with Crippen LogP contribution in [0.15, 0.2) is 23.2 Å². The number of carboxylic acid groups (broad SMARTS) is 1. The van der Waals surface area contributed by atoms with Crippen molar-refractivity contribution in [2.24, 2.45) is 4.99 Å². The van der Waals surface area contributed by atoms with E-state index in [1.807, 2.05) is 36.9 Å². The van der Waals surface area contributed by atoms with Crippen LogP contribution in [0.5, 0.6) is 5.75 Å². The summed E-state index contributed by atoms with van der Waals surface area (Å²) in [6, 6.07) is 6.78. The van der Waals surface area contributed by atoms with Gasteiger partial charge in [0.1, 0.15) is 10.8 Å². The molecule has 7 heteroatoms. The first-order valence-corrected chi connectivity index (χ1v) is 9.43. The zero-order valence-electron chi connectivity index (χ0n) is 13.5. The van der Waals surface area contributed by atoms with Crippen LogP contribution in [0, 0.1) is 6.92 Å². The summed E-state index contributed by atoms with van der Waals surface area (Å²) in [5.41, 5.74) is 1.95. The van der Waals surface area contributed by atoms with Crippen molar-refractivity contribution in [2.75, 3.05) is 18.6 Å². The van der Waals surface area contributed by atoms with Gasteiger partial charge in [0, 0.05) is 23.1 Å². The molecule has 2 heterocycles. The van der Waals surface area contributed by atoms with Gasteiger partial charge in [0.05, 0.1) is 11.4 Å². The second-order valence-electron chi connectivity index (χ2n) is 5.68. The maximum Gasteiger partial charge on any atom is 0.290 e. The predicted molar refractivity (Wildman–Crippen MR) is 97.8 cm³/mol. The van der Waals surface area contributed by atoms with E-state index in [1.54, 1.807) is 11.8 Å². The Balaban J connectivity index is 0.000000595. The summed E-state index contributed by atoms with van der Waals surface area (Å²) < 4.78 is 0. The first-order valence-electron chi connectivity index (χ1n) is 7.40. The molecule has 0 saturated carbocycles. The van der Waals surface area contributed by atoms with Crippen LogP contribution in [-0.2, 0) is 4.79 Å². The third-order valence-electron chi connectivity index (χ3n) is 3.99. The second kappa shape index (κ2) is 8.08. The van der Waals surface area contributed by atoms with Crippen LogP contribution in [0.4, 0.5) is 0 Å². The Morgan fingerprint density at radius 1 is 1.39 bits per heavy atom. The minimum atomic E-state index is -0.250. The van der Waals surface area contributed by atoms with Crippen molar-refractivity contribution in [1.82, 2.24) is 4.90 Å². The maximum atomic E-state index is 10.1. The van der Waals surface area contributed by atoms with Crippen molar-refractivity contribution < 1.29 is 15.0 Å². The molecule has 0 spiro atoms. The molecule has 3 rings (SSSR count). The Morgan fingerprint density at radius 2 is 2.09 bits per heavy atom. The molecule has 2 aliphatic rings. The fourth-order valence-electron chi connectivity index (χ4n) is 2.61. The van der Waals surface area contributed by atoms with Crippen molar-refractivity contribution in [1.29, 1.82) is 0 Å². The zero-order valence-corrected chi connectivity index (χ0v) is 15.1. The number of thioether (sulfide) groups is 2. The van der Waals surface area contributed by atoms with Crippen molar-refractivity contribution in [2.45, 2.75) is 31.3 Å². The van der Waals surface area contributed by atoms with Gasteiger partial charge in [-0.3, -0.25) is 14.7 Å². The molecule has 0 bridgehead atoms. The zero-order chi connectivity index (χ0) is 17.0. The molecule has 1 saturated heterocycles. The molecule has 1 aromatic rings. The van der Waals surface area contributed by atoms with Gasteiger partial charge in [0.15, 0.2) is 0 Å². The lowest BCUT2D eigenvalue weighted by Gasteiger charge is -2.25. The van der Waals surface area contributed by atoms with Crippen LogP contribution in [0.25, 0.3) is 0 Å². The number of likely N-dealkylation sites (N-methyl/N-ethyl adjacent to an activating group) is 1. The van der Waals surface area contributed by atoms with Crippen molar-refractivity contribution in [3.05, 3.63) is 29.3 Å². The number of rotatable bonds is 2. The molecule has 1 fully saturated rings. The van der Waals surface area contributed by atoms with Crippen molar-refractivity contribution in [3.8, 4) is 5.75 Å². The van der Waals surface area contributed by atoms with Crippen molar-refractivity contribution >= 4 is 35.0 Å². The normalized spacial score (nSPS) is 27.3. The number of aliphatic imine (C=N–C) groups is 1. The molecule has 1 aromatic carbocycles. The number of hydrogen-bond acceptors (Lipinski definition) is 6. The van der Waals surface area contributed by atoms with E-state index >= 15 is 0 Å². The summed E-state index contributed by atoms with van der Waals surface area (Å²) in [6.45, 7) is 4.01. The maximum absolute atomic E-state index is 10.1. The van der Waals surface area contributed by atoms with E-state index in [-0.39, 0.29) is 6.47 Å². The van der Waals surface area contributed by atoms with Gasteiger partial charge in [-0.05, 0) is 38.6 Å². The van der Waals surface area contributed by atoms with Crippen LogP contribution in [0.1, 0.15) is 18.1 Å². The van der Waals surface area contributed by atoms with E-state index in [9.17, 15) is 5.11 Å². The predicted octanol–water partition coefficient (Wildman–Crippen LogP) is 2.66. The fraction of sp³-hybridized carbons (Fsp3) is 0.500. The van der Waals surface area contributed by atoms with Crippen LogP contribution in [0.3, 0.4) is 0 Å². The van der Waals surface area contributed by atoms with Gasteiger partial charge in [-0.2, -0.15) is 0 Å². The second-order valence-corrected chi connectivity index (χ2v) is 7.84. The van der Waals surface area contributed by atoms with Gasteiger partial charge in [-0.1, -0.05) is 6.07 Å². The van der Waals surface area contributed by atoms with Gasteiger partial charge >= 0.3 is 0 Å². The molecule has 0 aliphatic carbocycles. The summed E-state index contributed by atoms with van der Waals surface area (Å²) in [7, 11) is 2.19. The Kier molecular flexibility index (Phi) is 6.38. The summed E-state index contributed by atoms with van der Waals surface area (Å²) in [6.07, 6.45) is 0. The Morgan fingerprint density at radius 3 is 2.65 bits per heavy atom. The van der Waals surface area contributed by atoms with Crippen LogP contribution in [0.2, 0.25) is 0 Å². The number of aromatic hydroxyl groups is 1. The molecule has 3 unspecified atom stereocenters. The highest BCUT2D eigenvalue weighted by Crippen LogP contribution is 2.37. The summed E-state index contributed by atoms with van der Waals surface area (Å²) in [5, 5.41) is 18.4. The van der Waals surface area contributed by atoms with E-state index < -0.39 is 0 Å². The van der Waals surface area contributed by atoms with Gasteiger partial charge in [-0.25, -0.2) is 0 Å². The molecule has 2 N–H and O–H groups in total. The lowest BCUT2D eigenvalue weighted by atomic mass is 10.1. The summed E-state index contributed by atoms with van der Waals surface area (Å²) in [4.78, 5) is 15.7. The molecule has 5 nitrogen and oxygen atoms in total. The highest BCUT2D eigenvalue weighted by Gasteiger charge is 2.37. The van der Waals surface area contributed by atoms with E-state index in [0.717, 1.165) is 21.9 Å². The van der Waals surface area contributed by atoms with E-state index in [1.165, 1.54) is 5.75 Å². The van der Waals surface area contributed by atoms with Gasteiger partial charge in [0.25, 0.3) is 6.47 Å². The van der Waals surface area contributed by atoms with Gasteiger partial charge < -0.3 is 10.2 Å². The number of hydrogen-bond donors (Lipinski definition) is 2. The fourth-order valence-corrected chi connectivity index (χ4v) is 5.39. The molecule has 0 aromatic heterocycles. The monoisotopic (exact) mass is 354 g/mol. The van der Waals surface area contributed by atoms with Crippen LogP contribution >= 0.6 is 23.5 Å². The molecule has 23 heavy (non-hydrogen) atoms. The van der Waals surface area contributed by atoms with E-state index in [2.05, 4.69) is 18.9 Å². The average molecular weight is 354 g/mol. The van der Waals surface area contributed by atoms with Gasteiger partial charge in [-0.15, -0.1) is 23.5 Å². The third-order valence-corrected chi connectivity index (χ3v) is 6.76. The molecule has 126 valence electrons. The average Bonchev–Trinajstić information content (AvgIpc) is 3.08. The minimum Gasteiger partial charge on any atom is -0.507 e. The molecule has 2 aliphatic heterocycles. The highest BCUT2D eigenvalue weighted by molar-refractivity contribution is 8.14. The number of benzene rings is 1. The number of nitrogens with zero attached hydrogens (tertiary/aromatic N) is 2. The first-order chi connectivity index (χ1) is 11.0. The van der Waals surface area contributed by atoms with E-state index in [4.69, 9.17) is 14.9 Å². The number of aryl methyl sites for hydroxylation is 1. The molecular formula is C16H22N2O3S2. The standard InChI is InChI=1S/C15H20N2OS2.CH2O2/c1-9-4-5-11(13(18)6-9)14-16-12(8-19-14)15-17(3)10(2)7-20-15;2-1-3/h4-6,10,12,15,18H,7-8H2,1-3H3;1H,(H,2,3). The Labute approximate surface area is 145 Å². The summed E-state index contributed by atoms with van der Waals surface area (Å²) in [5.74, 6) is 2.54. The first kappa shape index (κ1) is 18.2. The van der Waals surface area contributed by atoms with Crippen molar-refractivity contribution in [3.63, 3.8) is 0 Å². The molecular weight excluding hydrogens is 332 g/mol.